The summed E-state index contributed by atoms with van der Waals surface area (Å²) in [5, 5.41) is 6.00. The first-order chi connectivity index (χ1) is 8.31. The van der Waals surface area contributed by atoms with Crippen molar-refractivity contribution in [3.8, 4) is 0 Å². The molecule has 0 aliphatic heterocycles. The minimum atomic E-state index is 0.570. The molecule has 0 amide bonds. The molecule has 0 bridgehead atoms. The third-order valence-electron chi connectivity index (χ3n) is 3.74. The Morgan fingerprint density at radius 3 is 2.59 bits per heavy atom. The van der Waals surface area contributed by atoms with Crippen molar-refractivity contribution in [3.63, 3.8) is 0 Å². The summed E-state index contributed by atoms with van der Waals surface area (Å²) in [5.41, 5.74) is 1.48. The SMILES string of the molecule is CCNC(c1csc(Br)c1)C1CCCCCC1. The predicted octanol–water partition coefficient (Wildman–Crippen LogP) is 5.13. The van der Waals surface area contributed by atoms with Gasteiger partial charge < -0.3 is 5.32 Å². The van der Waals surface area contributed by atoms with Crippen LogP contribution in [0, 0.1) is 5.92 Å². The third-order valence-corrected chi connectivity index (χ3v) is 5.26. The van der Waals surface area contributed by atoms with Gasteiger partial charge in [0, 0.05) is 6.04 Å². The molecule has 1 aliphatic rings. The summed E-state index contributed by atoms with van der Waals surface area (Å²) in [5.74, 6) is 0.832. The maximum atomic E-state index is 3.70. The molecule has 0 aromatic carbocycles. The van der Waals surface area contributed by atoms with Crippen LogP contribution in [0.25, 0.3) is 0 Å². The first kappa shape index (κ1) is 13.6. The Hall–Kier alpha value is 0.140. The number of rotatable bonds is 4. The average molecular weight is 316 g/mol. The Morgan fingerprint density at radius 1 is 1.35 bits per heavy atom. The van der Waals surface area contributed by atoms with Gasteiger partial charge in [0.2, 0.25) is 0 Å². The molecule has 0 spiro atoms. The van der Waals surface area contributed by atoms with E-state index in [-0.39, 0.29) is 0 Å². The van der Waals surface area contributed by atoms with Crippen LogP contribution >= 0.6 is 27.3 Å². The predicted molar refractivity (Wildman–Crippen MR) is 79.6 cm³/mol. The van der Waals surface area contributed by atoms with Gasteiger partial charge in [0.1, 0.15) is 0 Å². The van der Waals surface area contributed by atoms with E-state index in [2.05, 4.69) is 39.6 Å². The van der Waals surface area contributed by atoms with E-state index in [0.717, 1.165) is 12.5 Å². The zero-order valence-corrected chi connectivity index (χ0v) is 12.9. The normalized spacial score (nSPS) is 20.1. The fourth-order valence-corrected chi connectivity index (χ4v) is 4.12. The molecular weight excluding hydrogens is 294 g/mol. The monoisotopic (exact) mass is 315 g/mol. The number of hydrogen-bond acceptors (Lipinski definition) is 2. The summed E-state index contributed by atoms with van der Waals surface area (Å²) >= 11 is 5.39. The number of halogens is 1. The second-order valence-electron chi connectivity index (χ2n) is 4.97. The van der Waals surface area contributed by atoms with Crippen LogP contribution < -0.4 is 5.32 Å². The van der Waals surface area contributed by atoms with E-state index in [0.29, 0.717) is 6.04 Å². The summed E-state index contributed by atoms with van der Waals surface area (Å²) in [6.45, 7) is 3.28. The zero-order chi connectivity index (χ0) is 12.1. The molecule has 1 N–H and O–H groups in total. The van der Waals surface area contributed by atoms with Gasteiger partial charge in [0.05, 0.1) is 3.79 Å². The number of nitrogens with one attached hydrogen (secondary N) is 1. The van der Waals surface area contributed by atoms with Crippen molar-refractivity contribution in [1.82, 2.24) is 5.32 Å². The molecule has 1 fully saturated rings. The van der Waals surface area contributed by atoms with Crippen molar-refractivity contribution in [3.05, 3.63) is 20.8 Å². The first-order valence-electron chi connectivity index (χ1n) is 6.78. The molecule has 96 valence electrons. The van der Waals surface area contributed by atoms with Crippen LogP contribution in [0.15, 0.2) is 15.2 Å². The smallest absolute Gasteiger partial charge is 0.0701 e. The van der Waals surface area contributed by atoms with Gasteiger partial charge in [-0.05, 0) is 58.2 Å². The molecule has 3 heteroatoms. The lowest BCUT2D eigenvalue weighted by molar-refractivity contribution is 0.330. The quantitative estimate of drug-likeness (QED) is 0.759. The lowest BCUT2D eigenvalue weighted by Crippen LogP contribution is -2.27. The minimum absolute atomic E-state index is 0.570. The Kier molecular flexibility index (Phi) is 5.51. The van der Waals surface area contributed by atoms with Gasteiger partial charge in [-0.15, -0.1) is 11.3 Å². The Morgan fingerprint density at radius 2 is 2.06 bits per heavy atom. The largest absolute Gasteiger partial charge is 0.310 e. The lowest BCUT2D eigenvalue weighted by Gasteiger charge is -2.26. The van der Waals surface area contributed by atoms with Gasteiger partial charge in [-0.2, -0.15) is 0 Å². The molecule has 1 unspecified atom stereocenters. The molecule has 2 rings (SSSR count). The highest BCUT2D eigenvalue weighted by Gasteiger charge is 2.24. The Bertz CT molecular complexity index is 329. The second kappa shape index (κ2) is 6.91. The summed E-state index contributed by atoms with van der Waals surface area (Å²) in [7, 11) is 0. The van der Waals surface area contributed by atoms with Crippen molar-refractivity contribution >= 4 is 27.3 Å². The van der Waals surface area contributed by atoms with E-state index in [1.807, 2.05) is 0 Å². The van der Waals surface area contributed by atoms with Gasteiger partial charge in [-0.3, -0.25) is 0 Å². The average Bonchev–Trinajstić information content (AvgIpc) is 2.60. The molecule has 1 saturated carbocycles. The maximum Gasteiger partial charge on any atom is 0.0701 e. The van der Waals surface area contributed by atoms with Crippen molar-refractivity contribution in [1.29, 1.82) is 0 Å². The van der Waals surface area contributed by atoms with Crippen LogP contribution in [0.1, 0.15) is 57.1 Å². The molecule has 1 nitrogen and oxygen atoms in total. The van der Waals surface area contributed by atoms with E-state index in [1.54, 1.807) is 11.3 Å². The van der Waals surface area contributed by atoms with Crippen LogP contribution in [0.3, 0.4) is 0 Å². The van der Waals surface area contributed by atoms with Gasteiger partial charge >= 0.3 is 0 Å². The third kappa shape index (κ3) is 3.80. The fourth-order valence-electron chi connectivity index (χ4n) is 2.91. The molecule has 1 atom stereocenters. The van der Waals surface area contributed by atoms with E-state index in [1.165, 1.54) is 47.9 Å². The van der Waals surface area contributed by atoms with Crippen LogP contribution in [0.5, 0.6) is 0 Å². The molecule has 17 heavy (non-hydrogen) atoms. The summed E-state index contributed by atoms with van der Waals surface area (Å²) in [4.78, 5) is 0. The lowest BCUT2D eigenvalue weighted by atomic mass is 9.88. The molecule has 1 aliphatic carbocycles. The van der Waals surface area contributed by atoms with E-state index >= 15 is 0 Å². The van der Waals surface area contributed by atoms with E-state index in [9.17, 15) is 0 Å². The number of hydrogen-bond donors (Lipinski definition) is 1. The standard InChI is InChI=1S/C14H22BrNS/c1-2-16-14(12-9-13(15)17-10-12)11-7-5-3-4-6-8-11/h9-11,14,16H,2-8H2,1H3. The minimum Gasteiger partial charge on any atom is -0.310 e. The van der Waals surface area contributed by atoms with Crippen molar-refractivity contribution in [2.75, 3.05) is 6.54 Å². The van der Waals surface area contributed by atoms with Gasteiger partial charge in [-0.1, -0.05) is 32.6 Å². The first-order valence-corrected chi connectivity index (χ1v) is 8.46. The fraction of sp³-hybridized carbons (Fsp3) is 0.714. The number of thiophene rings is 1. The second-order valence-corrected chi connectivity index (χ2v) is 7.26. The van der Waals surface area contributed by atoms with Crippen molar-refractivity contribution < 1.29 is 0 Å². The highest BCUT2D eigenvalue weighted by atomic mass is 79.9. The summed E-state index contributed by atoms with van der Waals surface area (Å²) in [6.07, 6.45) is 8.48. The van der Waals surface area contributed by atoms with E-state index < -0.39 is 0 Å². The molecule has 0 radical (unpaired) electrons. The van der Waals surface area contributed by atoms with Crippen molar-refractivity contribution in [2.24, 2.45) is 5.92 Å². The van der Waals surface area contributed by atoms with Gasteiger partial charge in [-0.25, -0.2) is 0 Å². The summed E-state index contributed by atoms with van der Waals surface area (Å²) in [6, 6.07) is 2.86. The highest BCUT2D eigenvalue weighted by molar-refractivity contribution is 9.11. The van der Waals surface area contributed by atoms with E-state index in [4.69, 9.17) is 0 Å². The molecular formula is C14H22BrNS. The molecule has 1 heterocycles. The Labute approximate surface area is 117 Å². The molecule has 0 saturated heterocycles. The van der Waals surface area contributed by atoms with Crippen LogP contribution in [-0.2, 0) is 0 Å². The Balaban J connectivity index is 2.09. The van der Waals surface area contributed by atoms with Crippen LogP contribution in [0.2, 0.25) is 0 Å². The maximum absolute atomic E-state index is 3.70. The topological polar surface area (TPSA) is 12.0 Å². The van der Waals surface area contributed by atoms with Gasteiger partial charge in [0.15, 0.2) is 0 Å². The summed E-state index contributed by atoms with van der Waals surface area (Å²) < 4.78 is 1.25. The zero-order valence-electron chi connectivity index (χ0n) is 10.5. The van der Waals surface area contributed by atoms with Crippen LogP contribution in [-0.4, -0.2) is 6.54 Å². The molecule has 1 aromatic rings. The van der Waals surface area contributed by atoms with Gasteiger partial charge in [0.25, 0.3) is 0 Å². The van der Waals surface area contributed by atoms with Crippen molar-refractivity contribution in [2.45, 2.75) is 51.5 Å². The highest BCUT2D eigenvalue weighted by Crippen LogP contribution is 2.36. The van der Waals surface area contributed by atoms with Crippen LogP contribution in [0.4, 0.5) is 0 Å². The molecule has 1 aromatic heterocycles.